The summed E-state index contributed by atoms with van der Waals surface area (Å²) in [5.74, 6) is -0.0268. The minimum atomic E-state index is -0.486. The molecule has 0 aromatic carbocycles. The molecule has 0 unspecified atom stereocenters. The van der Waals surface area contributed by atoms with Crippen LogP contribution in [0.5, 0.6) is 0 Å². The molecule has 0 saturated heterocycles. The molecule has 15 heavy (non-hydrogen) atoms. The number of rotatable bonds is 4. The van der Waals surface area contributed by atoms with Gasteiger partial charge in [0.25, 0.3) is 0 Å². The molecular weight excluding hydrogens is 198 g/mol. The molecule has 0 spiro atoms. The summed E-state index contributed by atoms with van der Waals surface area (Å²) in [6, 6.07) is 0. The number of carbonyl (C=O) groups excluding carboxylic acids is 1. The first kappa shape index (κ1) is 11.4. The molecule has 0 atom stereocenters. The maximum absolute atomic E-state index is 11.3. The van der Waals surface area contributed by atoms with Gasteiger partial charge in [-0.05, 0) is 6.92 Å². The van der Waals surface area contributed by atoms with Crippen LogP contribution in [0.1, 0.15) is 24.7 Å². The number of hydrogen-bond acceptors (Lipinski definition) is 4. The van der Waals surface area contributed by atoms with Crippen molar-refractivity contribution in [1.82, 2.24) is 9.78 Å². The van der Waals surface area contributed by atoms with Crippen LogP contribution >= 0.6 is 0 Å². The first-order valence-electron chi connectivity index (χ1n) is 4.66. The van der Waals surface area contributed by atoms with Crippen molar-refractivity contribution in [3.8, 4) is 0 Å². The molecule has 0 aliphatic rings. The number of Topliss-reactive ketones (excluding diaryl/α,β-unsaturated/α-hetero) is 1. The molecule has 6 heteroatoms. The zero-order chi connectivity index (χ0) is 11.6. The van der Waals surface area contributed by atoms with E-state index >= 15 is 0 Å². The Labute approximate surface area is 87.0 Å². The van der Waals surface area contributed by atoms with E-state index in [1.165, 1.54) is 4.68 Å². The summed E-state index contributed by atoms with van der Waals surface area (Å²) < 4.78 is 1.40. The molecule has 0 amide bonds. The fourth-order valence-electron chi connectivity index (χ4n) is 1.44. The van der Waals surface area contributed by atoms with Crippen molar-refractivity contribution in [2.24, 2.45) is 7.05 Å². The topological polar surface area (TPSA) is 78.0 Å². The third-order valence-corrected chi connectivity index (χ3v) is 2.25. The molecule has 0 radical (unpaired) electrons. The lowest BCUT2D eigenvalue weighted by Gasteiger charge is -1.98. The third-order valence-electron chi connectivity index (χ3n) is 2.25. The number of nitrogens with zero attached hydrogens (tertiary/aromatic N) is 3. The van der Waals surface area contributed by atoms with Crippen LogP contribution in [-0.4, -0.2) is 20.5 Å². The van der Waals surface area contributed by atoms with Crippen molar-refractivity contribution < 1.29 is 9.72 Å². The maximum Gasteiger partial charge on any atom is 0.313 e. The Bertz CT molecular complexity index is 409. The molecule has 0 bridgehead atoms. The number of nitro groups is 1. The number of ketones is 1. The van der Waals surface area contributed by atoms with Crippen molar-refractivity contribution in [3.05, 3.63) is 21.5 Å². The molecule has 82 valence electrons. The van der Waals surface area contributed by atoms with E-state index in [-0.39, 0.29) is 17.9 Å². The molecule has 1 rings (SSSR count). The Balaban J connectivity index is 3.15. The number of aromatic nitrogens is 2. The number of carbonyl (C=O) groups is 1. The summed E-state index contributed by atoms with van der Waals surface area (Å²) in [7, 11) is 1.61. The van der Waals surface area contributed by atoms with Gasteiger partial charge in [-0.1, -0.05) is 6.92 Å². The van der Waals surface area contributed by atoms with Crippen LogP contribution in [0.4, 0.5) is 5.69 Å². The number of hydrogen-bond donors (Lipinski definition) is 0. The maximum atomic E-state index is 11.3. The van der Waals surface area contributed by atoms with Crippen LogP contribution in [0.25, 0.3) is 0 Å². The van der Waals surface area contributed by atoms with Gasteiger partial charge in [0.1, 0.15) is 17.2 Å². The second kappa shape index (κ2) is 4.20. The molecule has 0 saturated carbocycles. The predicted molar refractivity (Wildman–Crippen MR) is 53.6 cm³/mol. The van der Waals surface area contributed by atoms with E-state index in [9.17, 15) is 14.9 Å². The first-order valence-corrected chi connectivity index (χ1v) is 4.66. The van der Waals surface area contributed by atoms with Crippen molar-refractivity contribution in [2.75, 3.05) is 0 Å². The summed E-state index contributed by atoms with van der Waals surface area (Å²) >= 11 is 0. The lowest BCUT2D eigenvalue weighted by atomic mass is 10.1. The first-order chi connectivity index (χ1) is 6.97. The van der Waals surface area contributed by atoms with Gasteiger partial charge in [0.2, 0.25) is 0 Å². The molecular formula is C9H13N3O3. The SMILES string of the molecule is CCC(=O)Cc1c([N+](=O)[O-])c(C)nn1C. The van der Waals surface area contributed by atoms with E-state index < -0.39 is 4.92 Å². The van der Waals surface area contributed by atoms with E-state index in [1.807, 2.05) is 0 Å². The van der Waals surface area contributed by atoms with E-state index in [4.69, 9.17) is 0 Å². The van der Waals surface area contributed by atoms with Crippen LogP contribution in [0, 0.1) is 17.0 Å². The summed E-state index contributed by atoms with van der Waals surface area (Å²) in [5, 5.41) is 14.7. The third kappa shape index (κ3) is 2.20. The Hall–Kier alpha value is -1.72. The largest absolute Gasteiger partial charge is 0.313 e. The van der Waals surface area contributed by atoms with Crippen molar-refractivity contribution in [2.45, 2.75) is 26.7 Å². The molecule has 0 fully saturated rings. The van der Waals surface area contributed by atoms with Crippen LogP contribution in [0.2, 0.25) is 0 Å². The zero-order valence-corrected chi connectivity index (χ0v) is 8.98. The molecule has 1 aromatic rings. The standard InChI is InChI=1S/C9H13N3O3/c1-4-7(13)5-8-9(12(14)15)6(2)10-11(8)3/h4-5H2,1-3H3. The van der Waals surface area contributed by atoms with Gasteiger partial charge in [-0.15, -0.1) is 0 Å². The quantitative estimate of drug-likeness (QED) is 0.553. The zero-order valence-electron chi connectivity index (χ0n) is 8.98. The average molecular weight is 211 g/mol. The van der Waals surface area contributed by atoms with E-state index in [2.05, 4.69) is 5.10 Å². The van der Waals surface area contributed by atoms with Crippen LogP contribution in [0.3, 0.4) is 0 Å². The van der Waals surface area contributed by atoms with E-state index in [0.29, 0.717) is 17.8 Å². The molecule has 0 N–H and O–H groups in total. The minimum absolute atomic E-state index is 0.0268. The second-order valence-electron chi connectivity index (χ2n) is 3.33. The summed E-state index contributed by atoms with van der Waals surface area (Å²) in [6.45, 7) is 3.30. The van der Waals surface area contributed by atoms with Gasteiger partial charge in [-0.2, -0.15) is 5.10 Å². The van der Waals surface area contributed by atoms with Gasteiger partial charge in [-0.3, -0.25) is 19.6 Å². The fraction of sp³-hybridized carbons (Fsp3) is 0.556. The minimum Gasteiger partial charge on any atom is -0.299 e. The summed E-state index contributed by atoms with van der Waals surface area (Å²) in [6.07, 6.45) is 0.450. The van der Waals surface area contributed by atoms with Crippen LogP contribution < -0.4 is 0 Å². The number of aryl methyl sites for hydroxylation is 2. The normalized spacial score (nSPS) is 10.3. The molecule has 1 aromatic heterocycles. The highest BCUT2D eigenvalue weighted by Crippen LogP contribution is 2.22. The van der Waals surface area contributed by atoms with Gasteiger partial charge < -0.3 is 0 Å². The van der Waals surface area contributed by atoms with E-state index in [1.54, 1.807) is 20.9 Å². The highest BCUT2D eigenvalue weighted by molar-refractivity contribution is 5.81. The predicted octanol–water partition coefficient (Wildman–Crippen LogP) is 1.16. The molecule has 1 heterocycles. The monoisotopic (exact) mass is 211 g/mol. The Morgan fingerprint density at radius 2 is 2.20 bits per heavy atom. The van der Waals surface area contributed by atoms with Gasteiger partial charge >= 0.3 is 5.69 Å². The molecule has 0 aliphatic heterocycles. The Kier molecular flexibility index (Phi) is 3.18. The van der Waals surface area contributed by atoms with Crippen molar-refractivity contribution in [1.29, 1.82) is 0 Å². The van der Waals surface area contributed by atoms with Gasteiger partial charge in [0.15, 0.2) is 0 Å². The van der Waals surface area contributed by atoms with E-state index in [0.717, 1.165) is 0 Å². The van der Waals surface area contributed by atoms with Crippen molar-refractivity contribution in [3.63, 3.8) is 0 Å². The fourth-order valence-corrected chi connectivity index (χ4v) is 1.44. The lowest BCUT2D eigenvalue weighted by molar-refractivity contribution is -0.386. The van der Waals surface area contributed by atoms with Crippen LogP contribution in [0.15, 0.2) is 0 Å². The van der Waals surface area contributed by atoms with Crippen LogP contribution in [-0.2, 0) is 18.3 Å². The Morgan fingerprint density at radius 1 is 1.60 bits per heavy atom. The highest BCUT2D eigenvalue weighted by atomic mass is 16.6. The summed E-state index contributed by atoms with van der Waals surface area (Å²) in [4.78, 5) is 21.5. The second-order valence-corrected chi connectivity index (χ2v) is 3.33. The van der Waals surface area contributed by atoms with Crippen molar-refractivity contribution >= 4 is 11.5 Å². The van der Waals surface area contributed by atoms with Gasteiger partial charge in [-0.25, -0.2) is 0 Å². The Morgan fingerprint density at radius 3 is 2.67 bits per heavy atom. The average Bonchev–Trinajstić information content (AvgIpc) is 2.41. The smallest absolute Gasteiger partial charge is 0.299 e. The summed E-state index contributed by atoms with van der Waals surface area (Å²) in [5.41, 5.74) is 0.685. The highest BCUT2D eigenvalue weighted by Gasteiger charge is 2.24. The molecule has 6 nitrogen and oxygen atoms in total. The molecule has 0 aliphatic carbocycles. The van der Waals surface area contributed by atoms with Gasteiger partial charge in [0.05, 0.1) is 11.3 Å². The van der Waals surface area contributed by atoms with Gasteiger partial charge in [0, 0.05) is 13.5 Å². The lowest BCUT2D eigenvalue weighted by Crippen LogP contribution is -2.08.